The molecule has 124 valence electrons. The van der Waals surface area contributed by atoms with E-state index in [-0.39, 0.29) is 11.5 Å². The second-order valence-electron chi connectivity index (χ2n) is 5.34. The number of alkyl halides is 1. The van der Waals surface area contributed by atoms with Crippen LogP contribution in [-0.4, -0.2) is 45.7 Å². The number of ether oxygens (including phenoxy) is 2. The molecule has 8 nitrogen and oxygen atoms in total. The molecule has 3 rings (SSSR count). The third-order valence-electron chi connectivity index (χ3n) is 3.75. The highest BCUT2D eigenvalue weighted by Crippen LogP contribution is 2.35. The summed E-state index contributed by atoms with van der Waals surface area (Å²) >= 11 is 0. The van der Waals surface area contributed by atoms with Crippen LogP contribution in [0.15, 0.2) is 34.3 Å². The summed E-state index contributed by atoms with van der Waals surface area (Å²) in [7, 11) is -4.19. The van der Waals surface area contributed by atoms with E-state index < -0.39 is 40.8 Å². The van der Waals surface area contributed by atoms with Gasteiger partial charge in [-0.3, -0.25) is 4.18 Å². The van der Waals surface area contributed by atoms with Gasteiger partial charge in [0.25, 0.3) is 10.1 Å². The molecule has 2 aliphatic rings. The van der Waals surface area contributed by atoms with Gasteiger partial charge in [0.05, 0.1) is 11.5 Å². The summed E-state index contributed by atoms with van der Waals surface area (Å²) in [4.78, 5) is 2.49. The molecule has 2 aliphatic heterocycles. The molecule has 10 heteroatoms. The molecule has 0 radical (unpaired) electrons. The Balaban J connectivity index is 1.89. The monoisotopic (exact) mass is 343 g/mol. The molecule has 2 saturated heterocycles. The van der Waals surface area contributed by atoms with E-state index in [4.69, 9.17) is 19.2 Å². The van der Waals surface area contributed by atoms with Crippen LogP contribution in [0.1, 0.15) is 5.56 Å². The lowest BCUT2D eigenvalue weighted by Gasteiger charge is -2.34. The number of halogens is 1. The van der Waals surface area contributed by atoms with Gasteiger partial charge in [-0.2, -0.15) is 8.42 Å². The number of benzene rings is 1. The average molecular weight is 343 g/mol. The van der Waals surface area contributed by atoms with Crippen molar-refractivity contribution in [3.05, 3.63) is 40.3 Å². The lowest BCUT2D eigenvalue weighted by atomic mass is 10.0. The van der Waals surface area contributed by atoms with Gasteiger partial charge in [0.1, 0.15) is 24.4 Å². The molecule has 2 heterocycles. The number of hydrogen-bond donors (Lipinski definition) is 0. The van der Waals surface area contributed by atoms with Crippen molar-refractivity contribution >= 4 is 10.1 Å². The predicted molar refractivity (Wildman–Crippen MR) is 75.7 cm³/mol. The Morgan fingerprint density at radius 2 is 2.09 bits per heavy atom. The molecule has 0 amide bonds. The fraction of sp³-hybridized carbons (Fsp3) is 0.538. The number of nitrogens with zero attached hydrogens (tertiary/aromatic N) is 3. The third-order valence-corrected chi connectivity index (χ3v) is 5.08. The molecular weight excluding hydrogens is 329 g/mol. The van der Waals surface area contributed by atoms with Crippen LogP contribution in [0.25, 0.3) is 10.4 Å². The maximum atomic E-state index is 14.3. The van der Waals surface area contributed by atoms with Gasteiger partial charge in [0.2, 0.25) is 0 Å². The SMILES string of the molecule is Cc1ccc(S(=O)(=O)O[C@H]2[C@@H]3OC[C@@H](O3)[C@@H](F)[C@@H]2N=[N+]=[N-])cc1. The largest absolute Gasteiger partial charge is 0.347 e. The standard InChI is InChI=1S/C13H14FN3O5S/c1-7-2-4-8(5-3-7)23(18,19)22-12-11(16-17-15)10(14)9-6-20-13(12)21-9/h2-5,9-13H,6H2,1H3/t9-,10-,11+,12-,13-/m1/s1. The van der Waals surface area contributed by atoms with E-state index in [0.29, 0.717) is 0 Å². The summed E-state index contributed by atoms with van der Waals surface area (Å²) in [5.41, 5.74) is 9.48. The van der Waals surface area contributed by atoms with Crippen LogP contribution in [0.3, 0.4) is 0 Å². The van der Waals surface area contributed by atoms with E-state index in [1.807, 2.05) is 6.92 Å². The van der Waals surface area contributed by atoms with E-state index in [2.05, 4.69) is 10.0 Å². The highest BCUT2D eigenvalue weighted by atomic mass is 32.2. The fourth-order valence-corrected chi connectivity index (χ4v) is 3.62. The van der Waals surface area contributed by atoms with Crippen molar-refractivity contribution in [2.24, 2.45) is 5.11 Å². The first-order valence-electron chi connectivity index (χ1n) is 6.87. The summed E-state index contributed by atoms with van der Waals surface area (Å²) in [6, 6.07) is 4.63. The fourth-order valence-electron chi connectivity index (χ4n) is 2.54. The Labute approximate surface area is 131 Å². The van der Waals surface area contributed by atoms with Crippen LogP contribution in [0.5, 0.6) is 0 Å². The quantitative estimate of drug-likeness (QED) is 0.358. The van der Waals surface area contributed by atoms with Crippen LogP contribution >= 0.6 is 0 Å². The maximum Gasteiger partial charge on any atom is 0.297 e. The van der Waals surface area contributed by atoms with Crippen molar-refractivity contribution in [3.63, 3.8) is 0 Å². The van der Waals surface area contributed by atoms with Gasteiger partial charge in [0.15, 0.2) is 6.29 Å². The Hall–Kier alpha value is -1.71. The van der Waals surface area contributed by atoms with Gasteiger partial charge in [0, 0.05) is 4.91 Å². The summed E-state index contributed by atoms with van der Waals surface area (Å²) in [5, 5.41) is 3.33. The lowest BCUT2D eigenvalue weighted by Crippen LogP contribution is -2.52. The van der Waals surface area contributed by atoms with E-state index >= 15 is 0 Å². The van der Waals surface area contributed by atoms with Crippen molar-refractivity contribution in [3.8, 4) is 0 Å². The molecule has 1 aromatic rings. The first kappa shape index (κ1) is 16.2. The maximum absolute atomic E-state index is 14.3. The second kappa shape index (κ2) is 6.06. The van der Waals surface area contributed by atoms with Crippen molar-refractivity contribution in [1.29, 1.82) is 0 Å². The van der Waals surface area contributed by atoms with Gasteiger partial charge < -0.3 is 9.47 Å². The molecular formula is C13H14FN3O5S. The Morgan fingerprint density at radius 3 is 2.74 bits per heavy atom. The summed E-state index contributed by atoms with van der Waals surface area (Å²) in [5.74, 6) is 0. The lowest BCUT2D eigenvalue weighted by molar-refractivity contribution is -0.168. The zero-order valence-corrected chi connectivity index (χ0v) is 12.9. The van der Waals surface area contributed by atoms with Crippen molar-refractivity contribution < 1.29 is 26.5 Å². The zero-order valence-electron chi connectivity index (χ0n) is 12.1. The van der Waals surface area contributed by atoms with Crippen LogP contribution in [0, 0.1) is 6.92 Å². The number of azide groups is 1. The number of rotatable bonds is 4. The third kappa shape index (κ3) is 3.04. The molecule has 0 spiro atoms. The summed E-state index contributed by atoms with van der Waals surface area (Å²) in [6.07, 6.45) is -5.08. The highest BCUT2D eigenvalue weighted by Gasteiger charge is 2.53. The van der Waals surface area contributed by atoms with Crippen molar-refractivity contribution in [2.75, 3.05) is 6.61 Å². The Bertz CT molecular complexity index is 734. The van der Waals surface area contributed by atoms with E-state index in [1.165, 1.54) is 12.1 Å². The molecule has 0 aliphatic carbocycles. The van der Waals surface area contributed by atoms with E-state index in [9.17, 15) is 12.8 Å². The van der Waals surface area contributed by atoms with Gasteiger partial charge in [-0.25, -0.2) is 4.39 Å². The van der Waals surface area contributed by atoms with Gasteiger partial charge in [-0.05, 0) is 24.6 Å². The highest BCUT2D eigenvalue weighted by molar-refractivity contribution is 7.86. The summed E-state index contributed by atoms with van der Waals surface area (Å²) in [6.45, 7) is 1.76. The summed E-state index contributed by atoms with van der Waals surface area (Å²) < 4.78 is 54.5. The van der Waals surface area contributed by atoms with E-state index in [0.717, 1.165) is 5.56 Å². The smallest absolute Gasteiger partial charge is 0.297 e. The van der Waals surface area contributed by atoms with Crippen molar-refractivity contribution in [1.82, 2.24) is 0 Å². The van der Waals surface area contributed by atoms with Crippen LogP contribution in [0.4, 0.5) is 4.39 Å². The van der Waals surface area contributed by atoms with Gasteiger partial charge >= 0.3 is 0 Å². The average Bonchev–Trinajstić information content (AvgIpc) is 2.96. The molecule has 0 N–H and O–H groups in total. The predicted octanol–water partition coefficient (Wildman–Crippen LogP) is 1.84. The van der Waals surface area contributed by atoms with Gasteiger partial charge in [-0.15, -0.1) is 0 Å². The molecule has 2 fully saturated rings. The number of aryl methyl sites for hydroxylation is 1. The normalized spacial score (nSPS) is 33.2. The Morgan fingerprint density at radius 1 is 1.39 bits per heavy atom. The van der Waals surface area contributed by atoms with Crippen LogP contribution in [-0.2, 0) is 23.8 Å². The minimum absolute atomic E-state index is 0.0479. The molecule has 5 atom stereocenters. The number of hydrogen-bond acceptors (Lipinski definition) is 6. The Kier molecular flexibility index (Phi) is 4.26. The minimum Gasteiger partial charge on any atom is -0.347 e. The second-order valence-corrected chi connectivity index (χ2v) is 6.92. The zero-order chi connectivity index (χ0) is 16.6. The topological polar surface area (TPSA) is 111 Å². The first-order valence-corrected chi connectivity index (χ1v) is 8.28. The van der Waals surface area contributed by atoms with Crippen molar-refractivity contribution in [2.45, 2.75) is 42.5 Å². The van der Waals surface area contributed by atoms with Crippen LogP contribution in [0.2, 0.25) is 0 Å². The molecule has 1 aromatic carbocycles. The molecule has 2 bridgehead atoms. The molecule has 23 heavy (non-hydrogen) atoms. The van der Waals surface area contributed by atoms with Crippen LogP contribution < -0.4 is 0 Å². The minimum atomic E-state index is -4.19. The number of fused-ring (bicyclic) bond motifs is 2. The van der Waals surface area contributed by atoms with E-state index in [1.54, 1.807) is 12.1 Å². The molecule has 0 saturated carbocycles. The van der Waals surface area contributed by atoms with Gasteiger partial charge in [-0.1, -0.05) is 22.8 Å². The molecule has 0 aromatic heterocycles. The first-order chi connectivity index (χ1) is 10.9. The molecule has 0 unspecified atom stereocenters.